The number of carbonyl (C=O) groups excluding carboxylic acids is 1. The molecule has 0 bridgehead atoms. The molecule has 1 aliphatic heterocycles. The van der Waals surface area contributed by atoms with Gasteiger partial charge in [-0.25, -0.2) is 19.4 Å². The van der Waals surface area contributed by atoms with Crippen LogP contribution in [0.4, 0.5) is 0 Å². The van der Waals surface area contributed by atoms with Crippen LogP contribution in [0.25, 0.3) is 5.82 Å². The number of hydrogen-bond donors (Lipinski definition) is 1. The molecule has 0 radical (unpaired) electrons. The maximum atomic E-state index is 13.0. The number of nitrogens with zero attached hydrogens (tertiary/aromatic N) is 5. The van der Waals surface area contributed by atoms with Gasteiger partial charge >= 0.3 is 5.97 Å². The van der Waals surface area contributed by atoms with E-state index in [4.69, 9.17) is 0 Å². The van der Waals surface area contributed by atoms with Crippen molar-refractivity contribution in [2.24, 2.45) is 5.92 Å². The molecule has 2 aromatic rings. The van der Waals surface area contributed by atoms with Gasteiger partial charge in [-0.2, -0.15) is 5.10 Å². The Hall–Kier alpha value is -2.77. The third kappa shape index (κ3) is 2.77. The molecule has 1 aliphatic carbocycles. The SMILES string of the molecule is O=C(O)C1CC2CCCCC2N1C(=O)c1ccc(-n2cncn2)nc1. The zero-order chi connectivity index (χ0) is 17.4. The summed E-state index contributed by atoms with van der Waals surface area (Å²) in [6, 6.07) is 2.64. The van der Waals surface area contributed by atoms with Crippen LogP contribution in [0.5, 0.6) is 0 Å². The first-order chi connectivity index (χ1) is 12.1. The molecule has 3 atom stereocenters. The van der Waals surface area contributed by atoms with Gasteiger partial charge in [-0.1, -0.05) is 12.8 Å². The Balaban J connectivity index is 1.61. The molecule has 1 N–H and O–H groups in total. The highest BCUT2D eigenvalue weighted by atomic mass is 16.4. The lowest BCUT2D eigenvalue weighted by atomic mass is 9.84. The van der Waals surface area contributed by atoms with E-state index < -0.39 is 12.0 Å². The second-order valence-corrected chi connectivity index (χ2v) is 6.66. The topological polar surface area (TPSA) is 101 Å². The van der Waals surface area contributed by atoms with Crippen molar-refractivity contribution in [3.63, 3.8) is 0 Å². The first kappa shape index (κ1) is 15.7. The fourth-order valence-corrected chi connectivity index (χ4v) is 4.10. The van der Waals surface area contributed by atoms with Crippen LogP contribution in [0.15, 0.2) is 31.0 Å². The maximum absolute atomic E-state index is 13.0. The summed E-state index contributed by atoms with van der Waals surface area (Å²) >= 11 is 0. The van der Waals surface area contributed by atoms with Crippen molar-refractivity contribution in [1.82, 2.24) is 24.6 Å². The lowest BCUT2D eigenvalue weighted by molar-refractivity contribution is -0.141. The zero-order valence-electron chi connectivity index (χ0n) is 13.7. The van der Waals surface area contributed by atoms with Crippen LogP contribution in [-0.4, -0.2) is 53.7 Å². The number of carboxylic acids is 1. The molecule has 3 unspecified atom stereocenters. The zero-order valence-corrected chi connectivity index (χ0v) is 13.7. The predicted molar refractivity (Wildman–Crippen MR) is 87.1 cm³/mol. The van der Waals surface area contributed by atoms with Crippen LogP contribution in [0.2, 0.25) is 0 Å². The van der Waals surface area contributed by atoms with E-state index in [1.807, 2.05) is 0 Å². The van der Waals surface area contributed by atoms with Crippen LogP contribution in [0.1, 0.15) is 42.5 Å². The number of hydrogen-bond acceptors (Lipinski definition) is 5. The first-order valence-corrected chi connectivity index (χ1v) is 8.51. The summed E-state index contributed by atoms with van der Waals surface area (Å²) in [5.41, 5.74) is 0.404. The second-order valence-electron chi connectivity index (χ2n) is 6.66. The quantitative estimate of drug-likeness (QED) is 0.908. The molecule has 0 spiro atoms. The molecule has 3 heterocycles. The van der Waals surface area contributed by atoms with Crippen LogP contribution in [0, 0.1) is 5.92 Å². The highest BCUT2D eigenvalue weighted by Crippen LogP contribution is 2.40. The Bertz CT molecular complexity index is 774. The number of fused-ring (bicyclic) bond motifs is 1. The molecule has 0 aromatic carbocycles. The molecule has 1 saturated carbocycles. The van der Waals surface area contributed by atoms with Gasteiger partial charge in [0, 0.05) is 12.2 Å². The van der Waals surface area contributed by atoms with Crippen molar-refractivity contribution in [3.05, 3.63) is 36.5 Å². The number of rotatable bonds is 3. The van der Waals surface area contributed by atoms with Crippen LogP contribution < -0.4 is 0 Å². The number of carboxylic acid groups (broad SMARTS) is 1. The average molecular weight is 341 g/mol. The van der Waals surface area contributed by atoms with Crippen LogP contribution >= 0.6 is 0 Å². The second kappa shape index (κ2) is 6.27. The Morgan fingerprint density at radius 1 is 1.20 bits per heavy atom. The highest BCUT2D eigenvalue weighted by molar-refractivity contribution is 5.97. The Labute approximate surface area is 144 Å². The number of aliphatic carboxylic acids is 1. The number of likely N-dealkylation sites (tertiary alicyclic amines) is 1. The van der Waals surface area contributed by atoms with E-state index in [1.165, 1.54) is 23.5 Å². The van der Waals surface area contributed by atoms with Crippen molar-refractivity contribution in [1.29, 1.82) is 0 Å². The van der Waals surface area contributed by atoms with Gasteiger partial charge in [0.1, 0.15) is 18.7 Å². The summed E-state index contributed by atoms with van der Waals surface area (Å²) in [5.74, 6) is -0.323. The number of pyridine rings is 1. The lowest BCUT2D eigenvalue weighted by Crippen LogP contribution is -2.46. The molecule has 1 saturated heterocycles. The van der Waals surface area contributed by atoms with Crippen molar-refractivity contribution in [2.75, 3.05) is 0 Å². The lowest BCUT2D eigenvalue weighted by Gasteiger charge is -2.33. The van der Waals surface area contributed by atoms with Crippen LogP contribution in [0.3, 0.4) is 0 Å². The molecule has 4 rings (SSSR count). The minimum atomic E-state index is -0.921. The van der Waals surface area contributed by atoms with Gasteiger partial charge < -0.3 is 10.0 Å². The average Bonchev–Trinajstić information content (AvgIpc) is 3.29. The molecule has 130 valence electrons. The van der Waals surface area contributed by atoms with Crippen molar-refractivity contribution < 1.29 is 14.7 Å². The van der Waals surface area contributed by atoms with Gasteiger partial charge in [0.2, 0.25) is 0 Å². The minimum Gasteiger partial charge on any atom is -0.480 e. The number of aromatic nitrogens is 4. The third-order valence-electron chi connectivity index (χ3n) is 5.26. The fraction of sp³-hybridized carbons (Fsp3) is 0.471. The normalized spacial score (nSPS) is 25.6. The monoisotopic (exact) mass is 341 g/mol. The van der Waals surface area contributed by atoms with E-state index in [9.17, 15) is 14.7 Å². The number of carbonyl (C=O) groups is 2. The molecule has 8 nitrogen and oxygen atoms in total. The third-order valence-corrected chi connectivity index (χ3v) is 5.26. The summed E-state index contributed by atoms with van der Waals surface area (Å²) in [5, 5.41) is 13.6. The minimum absolute atomic E-state index is 0.0253. The Morgan fingerprint density at radius 3 is 2.72 bits per heavy atom. The van der Waals surface area contributed by atoms with Crippen molar-refractivity contribution in [3.8, 4) is 5.82 Å². The molecule has 2 aliphatic rings. The van der Waals surface area contributed by atoms with E-state index >= 15 is 0 Å². The van der Waals surface area contributed by atoms with Crippen molar-refractivity contribution in [2.45, 2.75) is 44.2 Å². The fourth-order valence-electron chi connectivity index (χ4n) is 4.10. The van der Waals surface area contributed by atoms with E-state index in [0.29, 0.717) is 23.7 Å². The van der Waals surface area contributed by atoms with Gasteiger partial charge in [0.25, 0.3) is 5.91 Å². The summed E-state index contributed by atoms with van der Waals surface area (Å²) in [4.78, 5) is 34.4. The summed E-state index contributed by atoms with van der Waals surface area (Å²) in [7, 11) is 0. The van der Waals surface area contributed by atoms with E-state index in [2.05, 4.69) is 15.1 Å². The van der Waals surface area contributed by atoms with Gasteiger partial charge in [-0.15, -0.1) is 0 Å². The Morgan fingerprint density at radius 2 is 2.04 bits per heavy atom. The molecule has 1 amide bonds. The summed E-state index contributed by atoms with van der Waals surface area (Å²) in [6.45, 7) is 0. The molecular weight excluding hydrogens is 322 g/mol. The van der Waals surface area contributed by atoms with E-state index in [-0.39, 0.29) is 11.9 Å². The summed E-state index contributed by atoms with van der Waals surface area (Å²) < 4.78 is 1.50. The highest BCUT2D eigenvalue weighted by Gasteiger charge is 2.47. The molecule has 2 aromatic heterocycles. The summed E-state index contributed by atoms with van der Waals surface area (Å²) in [6.07, 6.45) is 9.00. The molecule has 2 fully saturated rings. The molecule has 8 heteroatoms. The van der Waals surface area contributed by atoms with Crippen LogP contribution in [-0.2, 0) is 4.79 Å². The maximum Gasteiger partial charge on any atom is 0.326 e. The van der Waals surface area contributed by atoms with Gasteiger partial charge in [-0.3, -0.25) is 4.79 Å². The number of amides is 1. The predicted octanol–water partition coefficient (Wildman–Crippen LogP) is 1.52. The Kier molecular flexibility index (Phi) is 3.95. The van der Waals surface area contributed by atoms with Gasteiger partial charge in [0.05, 0.1) is 5.56 Å². The van der Waals surface area contributed by atoms with E-state index in [0.717, 1.165) is 25.7 Å². The van der Waals surface area contributed by atoms with Gasteiger partial charge in [0.15, 0.2) is 5.82 Å². The smallest absolute Gasteiger partial charge is 0.326 e. The first-order valence-electron chi connectivity index (χ1n) is 8.51. The van der Waals surface area contributed by atoms with E-state index in [1.54, 1.807) is 17.0 Å². The van der Waals surface area contributed by atoms with Gasteiger partial charge in [-0.05, 0) is 37.3 Å². The largest absolute Gasteiger partial charge is 0.480 e. The van der Waals surface area contributed by atoms with Crippen molar-refractivity contribution >= 4 is 11.9 Å². The molecule has 25 heavy (non-hydrogen) atoms. The standard InChI is InChI=1S/C17H19N5O3/c23-16(12-5-6-15(19-8-12)21-10-18-9-20-21)22-13-4-2-1-3-11(13)7-14(22)17(24)25/h5-6,8-11,13-14H,1-4,7H2,(H,24,25). The molecular formula is C17H19N5O3.